The molecular weight excluding hydrogens is 791 g/mol. The van der Waals surface area contributed by atoms with Gasteiger partial charge in [0.05, 0.1) is 28.1 Å². The molecule has 0 bridgehead atoms. The molecule has 18 heteroatoms. The van der Waals surface area contributed by atoms with Gasteiger partial charge >= 0.3 is 6.09 Å². The number of halogens is 2. The molecule has 2 aliphatic carbocycles. The fourth-order valence-corrected chi connectivity index (χ4v) is 9.16. The van der Waals surface area contributed by atoms with Crippen molar-refractivity contribution in [3.8, 4) is 5.88 Å². The van der Waals surface area contributed by atoms with Crippen molar-refractivity contribution in [2.75, 3.05) is 6.54 Å². The highest BCUT2D eigenvalue weighted by Crippen LogP contribution is 2.47. The van der Waals surface area contributed by atoms with Crippen molar-refractivity contribution in [3.05, 3.63) is 46.8 Å². The minimum Gasteiger partial charge on any atom is -0.471 e. The number of alkyl halides is 2. The number of ether oxygens (including phenoxy) is 2. The molecule has 4 amide bonds. The monoisotopic (exact) mass is 846 g/mol. The number of fused-ring (bicyclic) bond motifs is 3. The number of hydrogen-bond donors (Lipinski definition) is 3. The number of amides is 4. The van der Waals surface area contributed by atoms with Gasteiger partial charge in [0.1, 0.15) is 23.7 Å². The van der Waals surface area contributed by atoms with E-state index in [9.17, 15) is 41.2 Å². The summed E-state index contributed by atoms with van der Waals surface area (Å²) in [5, 5.41) is 10.6. The zero-order chi connectivity index (χ0) is 43.5. The summed E-state index contributed by atoms with van der Waals surface area (Å²) >= 11 is 0. The molecule has 1 unspecified atom stereocenters. The van der Waals surface area contributed by atoms with Gasteiger partial charge in [0.15, 0.2) is 5.60 Å². The number of alkyl carbamates (subject to hydrolysis) is 1. The first-order valence-electron chi connectivity index (χ1n) is 20.3. The molecule has 3 heterocycles. The average Bonchev–Trinajstić information content (AvgIpc) is 4.02. The van der Waals surface area contributed by atoms with Crippen LogP contribution in [0.4, 0.5) is 13.6 Å². The van der Waals surface area contributed by atoms with Crippen LogP contribution >= 0.6 is 0 Å². The highest BCUT2D eigenvalue weighted by atomic mass is 32.2. The zero-order valence-electron chi connectivity index (χ0n) is 34.8. The van der Waals surface area contributed by atoms with Gasteiger partial charge in [-0.05, 0) is 97.1 Å². The summed E-state index contributed by atoms with van der Waals surface area (Å²) in [7, 11) is -4.07. The number of allylic oxidation sites excluding steroid dienone is 1. The molecule has 7 atom stereocenters. The largest absolute Gasteiger partial charge is 0.471 e. The summed E-state index contributed by atoms with van der Waals surface area (Å²) < 4.78 is 69.3. The molecule has 15 nitrogen and oxygen atoms in total. The van der Waals surface area contributed by atoms with Crippen molar-refractivity contribution in [1.82, 2.24) is 30.0 Å². The lowest BCUT2D eigenvalue weighted by Gasteiger charge is -2.35. The van der Waals surface area contributed by atoms with E-state index in [0.717, 1.165) is 13.8 Å². The van der Waals surface area contributed by atoms with Crippen LogP contribution < -0.4 is 25.7 Å². The molecule has 0 radical (unpaired) electrons. The molecule has 3 N–H and O–H groups in total. The summed E-state index contributed by atoms with van der Waals surface area (Å²) in [5.74, 6) is -6.83. The minimum atomic E-state index is -4.07. The van der Waals surface area contributed by atoms with E-state index in [4.69, 9.17) is 9.47 Å². The molecule has 0 spiro atoms. The molecule has 1 aromatic heterocycles. The van der Waals surface area contributed by atoms with E-state index in [1.807, 2.05) is 13.0 Å². The number of carbonyl (C=O) groups is 4. The van der Waals surface area contributed by atoms with Gasteiger partial charge < -0.3 is 25.0 Å². The fourth-order valence-electron chi connectivity index (χ4n) is 7.85. The lowest BCUT2D eigenvalue weighted by atomic mass is 9.88. The van der Waals surface area contributed by atoms with Crippen molar-refractivity contribution in [3.63, 3.8) is 0 Å². The third-order valence-corrected chi connectivity index (χ3v) is 14.6. The van der Waals surface area contributed by atoms with Crippen LogP contribution in [0.25, 0.3) is 10.8 Å². The number of rotatable bonds is 9. The normalized spacial score (nSPS) is 29.3. The lowest BCUT2D eigenvalue weighted by molar-refractivity contribution is -0.152. The summed E-state index contributed by atoms with van der Waals surface area (Å²) in [6.45, 7) is 11.4. The van der Waals surface area contributed by atoms with Crippen molar-refractivity contribution in [2.24, 2.45) is 17.8 Å². The number of aromatic nitrogens is 2. The average molecular weight is 847 g/mol. The molecule has 2 saturated carbocycles. The zero-order valence-corrected chi connectivity index (χ0v) is 35.7. The van der Waals surface area contributed by atoms with Gasteiger partial charge in [-0.1, -0.05) is 38.1 Å². The van der Waals surface area contributed by atoms with Crippen LogP contribution in [-0.2, 0) is 29.1 Å². The number of carbonyl (C=O) groups excluding carboxylic acids is 4. The van der Waals surface area contributed by atoms with Crippen molar-refractivity contribution in [2.45, 2.75) is 146 Å². The van der Waals surface area contributed by atoms with Gasteiger partial charge in [-0.25, -0.2) is 26.7 Å². The van der Waals surface area contributed by atoms with Crippen LogP contribution in [0.5, 0.6) is 5.88 Å². The van der Waals surface area contributed by atoms with Crippen molar-refractivity contribution >= 4 is 44.6 Å². The Hall–Kier alpha value is -4.61. The molecule has 59 heavy (non-hydrogen) atoms. The SMILES string of the molecule is CC(C)n1nc(O[C@@H]2C[C@H]3C(=O)N[C@]4(C(=O)NS(=O)(=O)C5(C)CC5)CC4/C=C\CC[C@H](C)C[C@@H](C)[C@H](NC(=O)OC(C)(C)C(C)(F)F)C(=O)N3C2)c2ccccc2c1=O. The lowest BCUT2D eigenvalue weighted by Crippen LogP contribution is -2.59. The topological polar surface area (TPSA) is 195 Å². The van der Waals surface area contributed by atoms with Crippen LogP contribution in [0, 0.1) is 17.8 Å². The van der Waals surface area contributed by atoms with Gasteiger partial charge in [0.2, 0.25) is 27.7 Å². The second kappa shape index (κ2) is 15.8. The first-order valence-corrected chi connectivity index (χ1v) is 21.8. The Morgan fingerprint density at radius 3 is 2.34 bits per heavy atom. The fraction of sp³-hybridized carbons (Fsp3) is 0.659. The number of hydrogen-bond acceptors (Lipinski definition) is 10. The first kappa shape index (κ1) is 44.0. The predicted molar refractivity (Wildman–Crippen MR) is 214 cm³/mol. The summed E-state index contributed by atoms with van der Waals surface area (Å²) in [6, 6.07) is 3.73. The van der Waals surface area contributed by atoms with E-state index in [0.29, 0.717) is 49.8 Å². The maximum absolute atomic E-state index is 14.9. The van der Waals surface area contributed by atoms with Crippen molar-refractivity contribution in [1.29, 1.82) is 0 Å². The first-order chi connectivity index (χ1) is 27.4. The van der Waals surface area contributed by atoms with E-state index >= 15 is 0 Å². The summed E-state index contributed by atoms with van der Waals surface area (Å²) in [4.78, 5) is 71.3. The van der Waals surface area contributed by atoms with Crippen LogP contribution in [-0.4, -0.2) is 93.5 Å². The summed E-state index contributed by atoms with van der Waals surface area (Å²) in [5.41, 5.74) is -4.21. The van der Waals surface area contributed by atoms with Crippen molar-refractivity contribution < 1.29 is 45.9 Å². The Kier molecular flexibility index (Phi) is 11.8. The van der Waals surface area contributed by atoms with Crippen LogP contribution in [0.15, 0.2) is 41.2 Å². The molecule has 1 aromatic carbocycles. The second-order valence-corrected chi connectivity index (χ2v) is 20.3. The number of nitrogens with one attached hydrogen (secondary N) is 3. The van der Waals surface area contributed by atoms with Gasteiger partial charge in [0, 0.05) is 19.3 Å². The number of nitrogens with zero attached hydrogens (tertiary/aromatic N) is 3. The quantitative estimate of drug-likeness (QED) is 0.297. The predicted octanol–water partition coefficient (Wildman–Crippen LogP) is 4.74. The molecule has 2 aliphatic heterocycles. The third kappa shape index (κ3) is 8.83. The van der Waals surface area contributed by atoms with Gasteiger partial charge in [0.25, 0.3) is 17.4 Å². The molecule has 1 saturated heterocycles. The second-order valence-electron chi connectivity index (χ2n) is 18.1. The highest BCUT2D eigenvalue weighted by Gasteiger charge is 2.63. The van der Waals surface area contributed by atoms with E-state index in [1.54, 1.807) is 58.0 Å². The maximum atomic E-state index is 14.9. The maximum Gasteiger partial charge on any atom is 0.408 e. The molecule has 6 rings (SSSR count). The Balaban J connectivity index is 1.38. The Morgan fingerprint density at radius 1 is 1.05 bits per heavy atom. The van der Waals surface area contributed by atoms with Crippen LogP contribution in [0.1, 0.15) is 106 Å². The molecule has 3 fully saturated rings. The molecule has 324 valence electrons. The number of benzene rings is 1. The van der Waals surface area contributed by atoms with Gasteiger partial charge in [-0.2, -0.15) is 0 Å². The van der Waals surface area contributed by atoms with Crippen LogP contribution in [0.2, 0.25) is 0 Å². The van der Waals surface area contributed by atoms with E-state index in [2.05, 4.69) is 20.5 Å². The van der Waals surface area contributed by atoms with Crippen LogP contribution in [0.3, 0.4) is 0 Å². The number of sulfonamides is 1. The Labute approximate surface area is 343 Å². The summed E-state index contributed by atoms with van der Waals surface area (Å²) in [6.07, 6.45) is 3.92. The highest BCUT2D eigenvalue weighted by molar-refractivity contribution is 7.91. The molecule has 2 aromatic rings. The molecule has 4 aliphatic rings. The van der Waals surface area contributed by atoms with E-state index < -0.39 is 85.7 Å². The third-order valence-electron chi connectivity index (χ3n) is 12.5. The Bertz CT molecular complexity index is 2200. The molecular formula is C41H56F2N6O9S. The van der Waals surface area contributed by atoms with Gasteiger partial charge in [-0.3, -0.25) is 23.9 Å². The smallest absolute Gasteiger partial charge is 0.408 e. The van der Waals surface area contributed by atoms with Gasteiger partial charge in [-0.15, -0.1) is 5.10 Å². The Morgan fingerprint density at radius 2 is 1.71 bits per heavy atom. The van der Waals surface area contributed by atoms with E-state index in [-0.39, 0.29) is 42.8 Å². The minimum absolute atomic E-state index is 0.00205. The van der Waals surface area contributed by atoms with E-state index in [1.165, 1.54) is 9.58 Å². The standard InChI is InChI=1S/C41H56F2N6O9S/c1-23(2)49-34(51)29-16-12-11-15-28(29)33(46-49)57-27-20-30-32(50)45-41(36(53)47-59(55,56)39(7)17-18-39)21-26(41)14-10-9-13-24(3)19-25(4)31(35(52)48(30)22-27)44-37(54)58-38(5,6)40(8,42)43/h10-12,14-16,23-27,30-31H,9,13,17-22H2,1-8H3,(H,44,54)(H,45,50)(H,47,53)/b14-10-/t24-,25+,26?,27+,30-,31-,41+/m0/s1.